The number of benzene rings is 3. The quantitative estimate of drug-likeness (QED) is 0.313. The summed E-state index contributed by atoms with van der Waals surface area (Å²) < 4.78 is 0. The third kappa shape index (κ3) is 4.18. The van der Waals surface area contributed by atoms with E-state index in [-0.39, 0.29) is 11.1 Å². The number of aromatic hydroxyl groups is 1. The fourth-order valence-electron chi connectivity index (χ4n) is 3.39. The second-order valence-electron chi connectivity index (χ2n) is 7.20. The van der Waals surface area contributed by atoms with Gasteiger partial charge in [0.15, 0.2) is 5.78 Å². The van der Waals surface area contributed by atoms with Crippen molar-refractivity contribution in [2.75, 3.05) is 0 Å². The summed E-state index contributed by atoms with van der Waals surface area (Å²) >= 11 is 0. The number of pyridine rings is 1. The summed E-state index contributed by atoms with van der Waals surface area (Å²) in [5.74, 6) is -2.33. The van der Waals surface area contributed by atoms with E-state index in [2.05, 4.69) is 11.6 Å². The Labute approximate surface area is 184 Å². The first kappa shape index (κ1) is 20.8. The Morgan fingerprint density at radius 1 is 0.875 bits per heavy atom. The molecule has 0 aliphatic carbocycles. The van der Waals surface area contributed by atoms with Crippen LogP contribution in [0.25, 0.3) is 22.6 Å². The van der Waals surface area contributed by atoms with Crippen molar-refractivity contribution in [1.82, 2.24) is 4.98 Å². The van der Waals surface area contributed by atoms with Crippen molar-refractivity contribution in [3.8, 4) is 5.75 Å². The van der Waals surface area contributed by atoms with Crippen LogP contribution >= 0.6 is 0 Å². The lowest BCUT2D eigenvalue weighted by molar-refractivity contribution is 0.0693. The van der Waals surface area contributed by atoms with Crippen LogP contribution in [-0.4, -0.2) is 26.9 Å². The van der Waals surface area contributed by atoms with Crippen LogP contribution in [0.1, 0.15) is 37.5 Å². The van der Waals surface area contributed by atoms with Gasteiger partial charge >= 0.3 is 5.97 Å². The van der Waals surface area contributed by atoms with Crippen molar-refractivity contribution in [3.63, 3.8) is 0 Å². The molecule has 0 aliphatic rings. The first-order valence-corrected chi connectivity index (χ1v) is 9.87. The molecule has 0 aliphatic heterocycles. The molecule has 156 valence electrons. The molecule has 0 saturated carbocycles. The van der Waals surface area contributed by atoms with Crippen molar-refractivity contribution >= 4 is 34.3 Å². The highest BCUT2D eigenvalue weighted by Gasteiger charge is 2.16. The molecule has 0 radical (unpaired) electrons. The van der Waals surface area contributed by atoms with Crippen LogP contribution in [0, 0.1) is 0 Å². The highest BCUT2D eigenvalue weighted by atomic mass is 16.4. The molecule has 3 aromatic carbocycles. The molecule has 1 aromatic heterocycles. The van der Waals surface area contributed by atoms with Crippen molar-refractivity contribution < 1.29 is 19.8 Å². The highest BCUT2D eigenvalue weighted by molar-refractivity contribution is 6.10. The molecule has 32 heavy (non-hydrogen) atoms. The van der Waals surface area contributed by atoms with Crippen molar-refractivity contribution in [3.05, 3.63) is 119 Å². The first-order valence-electron chi connectivity index (χ1n) is 9.87. The summed E-state index contributed by atoms with van der Waals surface area (Å²) in [4.78, 5) is 28.4. The smallest absolute Gasteiger partial charge is 0.339 e. The van der Waals surface area contributed by atoms with Gasteiger partial charge in [-0.15, -0.1) is 0 Å². The van der Waals surface area contributed by atoms with E-state index in [1.807, 2.05) is 60.7 Å². The van der Waals surface area contributed by atoms with Gasteiger partial charge in [-0.2, -0.15) is 0 Å². The van der Waals surface area contributed by atoms with Crippen LogP contribution in [-0.2, 0) is 0 Å². The van der Waals surface area contributed by atoms with E-state index in [0.717, 1.165) is 33.3 Å². The molecule has 4 rings (SSSR count). The van der Waals surface area contributed by atoms with Gasteiger partial charge in [0.05, 0.1) is 16.8 Å². The fraction of sp³-hybridized carbons (Fsp3) is 0. The molecule has 0 atom stereocenters. The molecule has 1 heterocycles. The SMILES string of the molecule is C=C(c1cccc(/C=C/C(=O)c2cccc(C(=O)O)c2O)c1)c1ccc2ccccc2n1. The summed E-state index contributed by atoms with van der Waals surface area (Å²) in [5, 5.41) is 20.3. The van der Waals surface area contributed by atoms with Gasteiger partial charge in [-0.3, -0.25) is 4.79 Å². The lowest BCUT2D eigenvalue weighted by Gasteiger charge is -2.08. The number of phenols is 1. The molecule has 5 nitrogen and oxygen atoms in total. The van der Waals surface area contributed by atoms with E-state index in [9.17, 15) is 14.7 Å². The third-order valence-electron chi connectivity index (χ3n) is 5.10. The monoisotopic (exact) mass is 421 g/mol. The summed E-state index contributed by atoms with van der Waals surface area (Å²) in [7, 11) is 0. The van der Waals surface area contributed by atoms with Gasteiger partial charge in [-0.1, -0.05) is 61.2 Å². The number of ketones is 1. The molecule has 0 spiro atoms. The number of para-hydroxylation sites is 2. The standard InChI is InChI=1S/C27H19NO4/c1-17(23-14-13-19-7-2-3-11-24(19)28-23)20-8-4-6-18(16-20)12-15-25(29)21-9-5-10-22(26(21)30)27(31)32/h2-16,30H,1H2,(H,31,32)/b15-12+. The Bertz CT molecular complexity index is 1400. The number of allylic oxidation sites excluding steroid dienone is 1. The van der Waals surface area contributed by atoms with Gasteiger partial charge in [0.1, 0.15) is 11.3 Å². The zero-order valence-electron chi connectivity index (χ0n) is 17.0. The molecule has 0 amide bonds. The van der Waals surface area contributed by atoms with Gasteiger partial charge in [-0.25, -0.2) is 9.78 Å². The number of fused-ring (bicyclic) bond motifs is 1. The number of nitrogens with zero attached hydrogens (tertiary/aromatic N) is 1. The lowest BCUT2D eigenvalue weighted by Crippen LogP contribution is -2.02. The van der Waals surface area contributed by atoms with Crippen LogP contribution in [0.3, 0.4) is 0 Å². The Morgan fingerprint density at radius 2 is 1.62 bits per heavy atom. The Hall–Kier alpha value is -4.51. The van der Waals surface area contributed by atoms with Crippen molar-refractivity contribution in [2.24, 2.45) is 0 Å². The molecule has 4 aromatic rings. The second kappa shape index (κ2) is 8.70. The van der Waals surface area contributed by atoms with Crippen LogP contribution in [0.4, 0.5) is 0 Å². The minimum absolute atomic E-state index is 0.0675. The Morgan fingerprint density at radius 3 is 2.44 bits per heavy atom. The van der Waals surface area contributed by atoms with Crippen LogP contribution in [0.5, 0.6) is 5.75 Å². The third-order valence-corrected chi connectivity index (χ3v) is 5.10. The number of carbonyl (C=O) groups is 2. The van der Waals surface area contributed by atoms with Gasteiger partial charge in [0.2, 0.25) is 0 Å². The van der Waals surface area contributed by atoms with Crippen molar-refractivity contribution in [1.29, 1.82) is 0 Å². The normalized spacial score (nSPS) is 11.0. The van der Waals surface area contributed by atoms with Crippen LogP contribution < -0.4 is 0 Å². The molecule has 0 unspecified atom stereocenters. The fourth-order valence-corrected chi connectivity index (χ4v) is 3.39. The van der Waals surface area contributed by atoms with E-state index < -0.39 is 17.5 Å². The summed E-state index contributed by atoms with van der Waals surface area (Å²) in [5.41, 5.74) is 3.63. The highest BCUT2D eigenvalue weighted by Crippen LogP contribution is 2.25. The maximum atomic E-state index is 12.5. The van der Waals surface area contributed by atoms with E-state index >= 15 is 0 Å². The van der Waals surface area contributed by atoms with E-state index in [1.54, 1.807) is 6.08 Å². The van der Waals surface area contributed by atoms with Gasteiger partial charge in [0, 0.05) is 11.0 Å². The molecular formula is C27H19NO4. The molecule has 5 heteroatoms. The van der Waals surface area contributed by atoms with Gasteiger partial charge in [0.25, 0.3) is 0 Å². The number of carbonyl (C=O) groups excluding carboxylic acids is 1. The number of aromatic nitrogens is 1. The Kier molecular flexibility index (Phi) is 5.64. The predicted octanol–water partition coefficient (Wildman–Crippen LogP) is 5.60. The molecule has 0 bridgehead atoms. The summed E-state index contributed by atoms with van der Waals surface area (Å²) in [6.45, 7) is 4.18. The molecule has 0 fully saturated rings. The maximum absolute atomic E-state index is 12.5. The minimum Gasteiger partial charge on any atom is -0.506 e. The summed E-state index contributed by atoms with van der Waals surface area (Å²) in [6, 6.07) is 23.3. The second-order valence-corrected chi connectivity index (χ2v) is 7.20. The van der Waals surface area contributed by atoms with Crippen LogP contribution in [0.2, 0.25) is 0 Å². The largest absolute Gasteiger partial charge is 0.506 e. The number of carboxylic acids is 1. The number of rotatable bonds is 6. The van der Waals surface area contributed by atoms with Gasteiger partial charge < -0.3 is 10.2 Å². The molecule has 2 N–H and O–H groups in total. The molecular weight excluding hydrogens is 402 g/mol. The maximum Gasteiger partial charge on any atom is 0.339 e. The number of hydrogen-bond acceptors (Lipinski definition) is 4. The van der Waals surface area contributed by atoms with Crippen molar-refractivity contribution in [2.45, 2.75) is 0 Å². The lowest BCUT2D eigenvalue weighted by atomic mass is 10.00. The van der Waals surface area contributed by atoms with Gasteiger partial charge in [-0.05, 0) is 47.5 Å². The topological polar surface area (TPSA) is 87.5 Å². The summed E-state index contributed by atoms with van der Waals surface area (Å²) in [6.07, 6.45) is 2.91. The number of aromatic carboxylic acids is 1. The average Bonchev–Trinajstić information content (AvgIpc) is 2.82. The number of carboxylic acid groups (broad SMARTS) is 1. The zero-order chi connectivity index (χ0) is 22.7. The van der Waals surface area contributed by atoms with E-state index in [1.165, 1.54) is 24.3 Å². The zero-order valence-corrected chi connectivity index (χ0v) is 17.0. The predicted molar refractivity (Wildman–Crippen MR) is 125 cm³/mol. The van der Waals surface area contributed by atoms with E-state index in [0.29, 0.717) is 0 Å². The number of hydrogen-bond donors (Lipinski definition) is 2. The van der Waals surface area contributed by atoms with E-state index in [4.69, 9.17) is 5.11 Å². The average molecular weight is 421 g/mol. The first-order chi connectivity index (χ1) is 15.4. The molecule has 0 saturated heterocycles. The Balaban J connectivity index is 1.58. The van der Waals surface area contributed by atoms with Crippen LogP contribution in [0.15, 0.2) is 91.5 Å². The minimum atomic E-state index is -1.30.